The summed E-state index contributed by atoms with van der Waals surface area (Å²) in [5.74, 6) is -0.0824. The van der Waals surface area contributed by atoms with Crippen LogP contribution in [0.25, 0.3) is 0 Å². The van der Waals surface area contributed by atoms with Gasteiger partial charge in [0.2, 0.25) is 0 Å². The summed E-state index contributed by atoms with van der Waals surface area (Å²) in [5.41, 5.74) is 7.32. The zero-order valence-electron chi connectivity index (χ0n) is 9.06. The summed E-state index contributed by atoms with van der Waals surface area (Å²) in [5, 5.41) is 0.417. The second-order valence-corrected chi connectivity index (χ2v) is 4.07. The Balaban J connectivity index is 2.23. The van der Waals surface area contributed by atoms with Gasteiger partial charge in [0.1, 0.15) is 0 Å². The van der Waals surface area contributed by atoms with Crippen molar-refractivity contribution in [2.24, 2.45) is 0 Å². The van der Waals surface area contributed by atoms with Crippen LogP contribution < -0.4 is 5.73 Å². The summed E-state index contributed by atoms with van der Waals surface area (Å²) in [6.45, 7) is 0. The van der Waals surface area contributed by atoms with E-state index in [0.29, 0.717) is 16.3 Å². The summed E-state index contributed by atoms with van der Waals surface area (Å²) >= 11 is 5.96. The minimum absolute atomic E-state index is 0.0824. The number of halogens is 1. The summed E-state index contributed by atoms with van der Waals surface area (Å²) in [6.07, 6.45) is 1.88. The maximum atomic E-state index is 12.0. The van der Waals surface area contributed by atoms with E-state index >= 15 is 0 Å². The third-order valence-corrected chi connectivity index (χ3v) is 2.69. The van der Waals surface area contributed by atoms with Crippen LogP contribution in [-0.4, -0.2) is 10.8 Å². The van der Waals surface area contributed by atoms with Crippen molar-refractivity contribution in [3.05, 3.63) is 58.9 Å². The summed E-state index contributed by atoms with van der Waals surface area (Å²) in [6, 6.07) is 10.3. The van der Waals surface area contributed by atoms with Gasteiger partial charge in [-0.25, -0.2) is 0 Å². The lowest BCUT2D eigenvalue weighted by Crippen LogP contribution is -2.06. The van der Waals surface area contributed by atoms with Crippen LogP contribution in [0.1, 0.15) is 16.1 Å². The molecule has 0 amide bonds. The molecule has 3 nitrogen and oxygen atoms in total. The number of aromatic nitrogens is 1. The zero-order valence-corrected chi connectivity index (χ0v) is 9.82. The van der Waals surface area contributed by atoms with Gasteiger partial charge in [-0.15, -0.1) is 0 Å². The van der Waals surface area contributed by atoms with Crippen molar-refractivity contribution in [3.8, 4) is 0 Å². The van der Waals surface area contributed by atoms with Gasteiger partial charge in [0.05, 0.1) is 11.4 Å². The second-order valence-electron chi connectivity index (χ2n) is 3.66. The molecule has 0 aliphatic rings. The first-order valence-electron chi connectivity index (χ1n) is 5.15. The van der Waals surface area contributed by atoms with Gasteiger partial charge in [0.15, 0.2) is 5.78 Å². The average Bonchev–Trinajstić information content (AvgIpc) is 2.33. The van der Waals surface area contributed by atoms with E-state index in [4.69, 9.17) is 17.3 Å². The van der Waals surface area contributed by atoms with Crippen LogP contribution >= 0.6 is 11.6 Å². The summed E-state index contributed by atoms with van der Waals surface area (Å²) in [4.78, 5) is 16.1. The van der Waals surface area contributed by atoms with Crippen molar-refractivity contribution in [3.63, 3.8) is 0 Å². The third-order valence-electron chi connectivity index (χ3n) is 2.36. The number of rotatable bonds is 3. The standard InChI is InChI=1S/C13H11ClN2O/c14-12-5-4-9(15)7-11(12)13(17)8-10-3-1-2-6-16-10/h1-7H,8,15H2. The fourth-order valence-corrected chi connectivity index (χ4v) is 1.74. The first-order chi connectivity index (χ1) is 8.16. The monoisotopic (exact) mass is 246 g/mol. The number of hydrogen-bond donors (Lipinski definition) is 1. The lowest BCUT2D eigenvalue weighted by atomic mass is 10.1. The van der Waals surface area contributed by atoms with Crippen LogP contribution in [0, 0.1) is 0 Å². The molecule has 0 atom stereocenters. The van der Waals surface area contributed by atoms with Gasteiger partial charge in [-0.2, -0.15) is 0 Å². The lowest BCUT2D eigenvalue weighted by molar-refractivity contribution is 0.0992. The number of ketones is 1. The van der Waals surface area contributed by atoms with Gasteiger partial charge in [-0.05, 0) is 30.3 Å². The molecule has 0 aliphatic carbocycles. The van der Waals surface area contributed by atoms with E-state index in [0.717, 1.165) is 5.69 Å². The van der Waals surface area contributed by atoms with Crippen LogP contribution in [0.2, 0.25) is 5.02 Å². The predicted octanol–water partition coefficient (Wildman–Crippen LogP) is 2.74. The third kappa shape index (κ3) is 2.82. The number of pyridine rings is 1. The van der Waals surface area contributed by atoms with Gasteiger partial charge < -0.3 is 5.73 Å². The van der Waals surface area contributed by atoms with Crippen LogP contribution in [0.3, 0.4) is 0 Å². The SMILES string of the molecule is Nc1ccc(Cl)c(C(=O)Cc2ccccn2)c1. The number of Topliss-reactive ketones (excluding diaryl/α,β-unsaturated/α-hetero) is 1. The van der Waals surface area contributed by atoms with Crippen molar-refractivity contribution in [1.29, 1.82) is 0 Å². The van der Waals surface area contributed by atoms with Crippen molar-refractivity contribution in [2.45, 2.75) is 6.42 Å². The fourth-order valence-electron chi connectivity index (χ4n) is 1.52. The van der Waals surface area contributed by atoms with Crippen LogP contribution in [0.5, 0.6) is 0 Å². The van der Waals surface area contributed by atoms with Crippen molar-refractivity contribution >= 4 is 23.1 Å². The van der Waals surface area contributed by atoms with E-state index in [1.807, 2.05) is 12.1 Å². The Morgan fingerprint density at radius 3 is 2.82 bits per heavy atom. The molecule has 86 valence electrons. The molecule has 17 heavy (non-hydrogen) atoms. The average molecular weight is 247 g/mol. The Bertz CT molecular complexity index is 540. The lowest BCUT2D eigenvalue weighted by Gasteiger charge is -2.04. The molecule has 1 aromatic heterocycles. The molecular formula is C13H11ClN2O. The van der Waals surface area contributed by atoms with E-state index in [2.05, 4.69) is 4.98 Å². The maximum absolute atomic E-state index is 12.0. The topological polar surface area (TPSA) is 56.0 Å². The highest BCUT2D eigenvalue weighted by atomic mass is 35.5. The molecule has 0 saturated heterocycles. The molecule has 0 bridgehead atoms. The number of anilines is 1. The largest absolute Gasteiger partial charge is 0.399 e. The van der Waals surface area contributed by atoms with Crippen LogP contribution in [-0.2, 0) is 6.42 Å². The molecule has 0 radical (unpaired) electrons. The molecule has 0 fully saturated rings. The molecule has 4 heteroatoms. The van der Waals surface area contributed by atoms with Crippen LogP contribution in [0.4, 0.5) is 5.69 Å². The Morgan fingerprint density at radius 2 is 2.12 bits per heavy atom. The quantitative estimate of drug-likeness (QED) is 0.669. The summed E-state index contributed by atoms with van der Waals surface area (Å²) in [7, 11) is 0. The van der Waals surface area contributed by atoms with E-state index in [-0.39, 0.29) is 12.2 Å². The van der Waals surface area contributed by atoms with E-state index in [1.54, 1.807) is 30.5 Å². The van der Waals surface area contributed by atoms with Gasteiger partial charge in [0, 0.05) is 23.1 Å². The van der Waals surface area contributed by atoms with Crippen molar-refractivity contribution in [2.75, 3.05) is 5.73 Å². The molecule has 1 heterocycles. The number of hydrogen-bond acceptors (Lipinski definition) is 3. The minimum Gasteiger partial charge on any atom is -0.399 e. The van der Waals surface area contributed by atoms with Crippen molar-refractivity contribution in [1.82, 2.24) is 4.98 Å². The highest BCUT2D eigenvalue weighted by Crippen LogP contribution is 2.20. The molecular weight excluding hydrogens is 236 g/mol. The van der Waals surface area contributed by atoms with Crippen LogP contribution in [0.15, 0.2) is 42.6 Å². The summed E-state index contributed by atoms with van der Waals surface area (Å²) < 4.78 is 0. The van der Waals surface area contributed by atoms with Gasteiger partial charge in [0.25, 0.3) is 0 Å². The Morgan fingerprint density at radius 1 is 1.29 bits per heavy atom. The normalized spacial score (nSPS) is 10.2. The predicted molar refractivity (Wildman–Crippen MR) is 68.1 cm³/mol. The number of carbonyl (C=O) groups is 1. The van der Waals surface area contributed by atoms with Gasteiger partial charge in [-0.1, -0.05) is 17.7 Å². The minimum atomic E-state index is -0.0824. The van der Waals surface area contributed by atoms with E-state index < -0.39 is 0 Å². The Labute approximate surface area is 104 Å². The molecule has 2 aromatic rings. The zero-order chi connectivity index (χ0) is 12.3. The molecule has 1 aromatic carbocycles. The smallest absolute Gasteiger partial charge is 0.170 e. The Kier molecular flexibility index (Phi) is 3.40. The molecule has 0 unspecified atom stereocenters. The highest BCUT2D eigenvalue weighted by Gasteiger charge is 2.11. The molecule has 2 rings (SSSR count). The van der Waals surface area contributed by atoms with Gasteiger partial charge >= 0.3 is 0 Å². The van der Waals surface area contributed by atoms with Crippen molar-refractivity contribution < 1.29 is 4.79 Å². The second kappa shape index (κ2) is 4.97. The Hall–Kier alpha value is -1.87. The number of nitrogen functional groups attached to an aromatic ring is 1. The molecule has 2 N–H and O–H groups in total. The first-order valence-corrected chi connectivity index (χ1v) is 5.53. The fraction of sp³-hybridized carbons (Fsp3) is 0.0769. The highest BCUT2D eigenvalue weighted by molar-refractivity contribution is 6.34. The number of benzene rings is 1. The maximum Gasteiger partial charge on any atom is 0.170 e. The number of nitrogens with zero attached hydrogens (tertiary/aromatic N) is 1. The number of nitrogens with two attached hydrogens (primary N) is 1. The number of carbonyl (C=O) groups excluding carboxylic acids is 1. The van der Waals surface area contributed by atoms with E-state index in [9.17, 15) is 4.79 Å². The molecule has 0 aliphatic heterocycles. The van der Waals surface area contributed by atoms with Gasteiger partial charge in [-0.3, -0.25) is 9.78 Å². The molecule has 0 saturated carbocycles. The molecule has 0 spiro atoms. The van der Waals surface area contributed by atoms with E-state index in [1.165, 1.54) is 0 Å². The first kappa shape index (κ1) is 11.6.